The topological polar surface area (TPSA) is 85.3 Å². The molecule has 0 unspecified atom stereocenters. The Morgan fingerprint density at radius 2 is 1.71 bits per heavy atom. The Bertz CT molecular complexity index is 813. The summed E-state index contributed by atoms with van der Waals surface area (Å²) >= 11 is 0. The fourth-order valence-electron chi connectivity index (χ4n) is 4.29. The molecule has 4 aliphatic rings. The van der Waals surface area contributed by atoms with Crippen molar-refractivity contribution < 1.29 is 23.9 Å². The molecule has 5 rings (SSSR count). The summed E-state index contributed by atoms with van der Waals surface area (Å²) in [6.07, 6.45) is 7.60. The molecule has 1 saturated heterocycles. The second-order valence-electron chi connectivity index (χ2n) is 7.24. The van der Waals surface area contributed by atoms with E-state index in [-0.39, 0.29) is 42.1 Å². The van der Waals surface area contributed by atoms with Gasteiger partial charge in [0.05, 0.1) is 24.7 Å². The average Bonchev–Trinajstić information content (AvgIpc) is 2.99. The molecule has 4 atom stereocenters. The van der Waals surface area contributed by atoms with E-state index in [4.69, 9.17) is 9.47 Å². The number of hydrogen-bond donors (Lipinski definition) is 0. The lowest BCUT2D eigenvalue weighted by atomic mass is 9.63. The number of hydrazone groups is 1. The number of nitrogens with zero attached hydrogens (tertiary/aromatic N) is 2. The molecule has 28 heavy (non-hydrogen) atoms. The van der Waals surface area contributed by atoms with Gasteiger partial charge in [-0.1, -0.05) is 12.2 Å². The lowest BCUT2D eigenvalue weighted by Crippen LogP contribution is -2.38. The maximum Gasteiger partial charge on any atom is 0.344 e. The normalized spacial score (nSPS) is 28.1. The summed E-state index contributed by atoms with van der Waals surface area (Å²) in [4.78, 5) is 36.7. The summed E-state index contributed by atoms with van der Waals surface area (Å²) in [6, 6.07) is 6.87. The highest BCUT2D eigenvalue weighted by molar-refractivity contribution is 6.06. The molecular formula is C21H22N2O5. The minimum Gasteiger partial charge on any atom is -0.482 e. The van der Waals surface area contributed by atoms with Crippen molar-refractivity contribution in [3.05, 3.63) is 42.0 Å². The number of esters is 1. The quantitative estimate of drug-likeness (QED) is 0.326. The van der Waals surface area contributed by atoms with Crippen molar-refractivity contribution in [2.75, 3.05) is 13.2 Å². The van der Waals surface area contributed by atoms with Crippen molar-refractivity contribution in [3.63, 3.8) is 0 Å². The molecule has 1 aromatic carbocycles. The summed E-state index contributed by atoms with van der Waals surface area (Å²) in [5, 5.41) is 5.21. The predicted molar refractivity (Wildman–Crippen MR) is 100 cm³/mol. The molecule has 2 bridgehead atoms. The number of fused-ring (bicyclic) bond motifs is 1. The molecule has 1 heterocycles. The van der Waals surface area contributed by atoms with Crippen LogP contribution in [0.15, 0.2) is 41.5 Å². The van der Waals surface area contributed by atoms with E-state index in [9.17, 15) is 14.4 Å². The van der Waals surface area contributed by atoms with Crippen molar-refractivity contribution in [3.8, 4) is 5.75 Å². The summed E-state index contributed by atoms with van der Waals surface area (Å²) < 4.78 is 10.1. The fourth-order valence-corrected chi connectivity index (χ4v) is 4.29. The molecule has 0 aromatic heterocycles. The average molecular weight is 382 g/mol. The van der Waals surface area contributed by atoms with Crippen LogP contribution in [0.1, 0.15) is 25.3 Å². The van der Waals surface area contributed by atoms with E-state index >= 15 is 0 Å². The van der Waals surface area contributed by atoms with Gasteiger partial charge >= 0.3 is 5.97 Å². The Balaban J connectivity index is 1.40. The molecule has 1 aliphatic heterocycles. The standard InChI is InChI=1S/C21H22N2O5/c1-2-27-17(24)12-28-16-9-3-13(4-10-16)11-22-23-20(25)18-14-5-6-15(8-7-14)19(18)21(23)26/h3-6,9-11,14-15,18-19H,2,7-8,12H2,1H3/b22-11-/t14-,15-,18-,19+/m1/s1. The van der Waals surface area contributed by atoms with E-state index in [1.807, 2.05) is 0 Å². The Hall–Kier alpha value is -2.96. The van der Waals surface area contributed by atoms with Crippen LogP contribution in [-0.4, -0.2) is 42.2 Å². The van der Waals surface area contributed by atoms with Gasteiger partial charge in [-0.3, -0.25) is 9.59 Å². The molecule has 0 spiro atoms. The zero-order chi connectivity index (χ0) is 19.7. The predicted octanol–water partition coefficient (Wildman–Crippen LogP) is 2.16. The van der Waals surface area contributed by atoms with Crippen LogP contribution in [0, 0.1) is 23.7 Å². The van der Waals surface area contributed by atoms with E-state index in [0.29, 0.717) is 12.4 Å². The van der Waals surface area contributed by atoms with E-state index in [2.05, 4.69) is 17.3 Å². The third-order valence-corrected chi connectivity index (χ3v) is 5.60. The lowest BCUT2D eigenvalue weighted by molar-refractivity contribution is -0.145. The monoisotopic (exact) mass is 382 g/mol. The SMILES string of the molecule is CCOC(=O)COc1ccc(/C=N\N2C(=O)[C@@H]3[C@H](C2=O)[C@@H]2C=C[C@@H]3CC2)cc1. The Morgan fingerprint density at radius 3 is 2.25 bits per heavy atom. The molecule has 7 heteroatoms. The number of carbonyl (C=O) groups excluding carboxylic acids is 3. The molecule has 2 amide bonds. The minimum atomic E-state index is -0.427. The minimum absolute atomic E-state index is 0.155. The number of rotatable bonds is 6. The summed E-state index contributed by atoms with van der Waals surface area (Å²) in [7, 11) is 0. The molecule has 1 aromatic rings. The van der Waals surface area contributed by atoms with Crippen molar-refractivity contribution in [2.24, 2.45) is 28.8 Å². The molecule has 146 valence electrons. The number of ether oxygens (including phenoxy) is 2. The van der Waals surface area contributed by atoms with Gasteiger partial charge in [0.1, 0.15) is 5.75 Å². The number of imide groups is 1. The summed E-state index contributed by atoms with van der Waals surface area (Å²) in [5.74, 6) is -0.500. The third kappa shape index (κ3) is 3.32. The van der Waals surface area contributed by atoms with Crippen LogP contribution >= 0.6 is 0 Å². The van der Waals surface area contributed by atoms with E-state index < -0.39 is 5.97 Å². The number of hydrogen-bond acceptors (Lipinski definition) is 6. The van der Waals surface area contributed by atoms with Crippen molar-refractivity contribution in [2.45, 2.75) is 19.8 Å². The third-order valence-electron chi connectivity index (χ3n) is 5.60. The molecule has 1 saturated carbocycles. The first-order chi connectivity index (χ1) is 13.6. The number of amides is 2. The van der Waals surface area contributed by atoms with E-state index in [0.717, 1.165) is 23.4 Å². The van der Waals surface area contributed by atoms with Gasteiger partial charge in [-0.05, 0) is 61.4 Å². The second kappa shape index (κ2) is 7.58. The van der Waals surface area contributed by atoms with Gasteiger partial charge < -0.3 is 9.47 Å². The van der Waals surface area contributed by atoms with Crippen molar-refractivity contribution >= 4 is 24.0 Å². The largest absolute Gasteiger partial charge is 0.482 e. The Kier molecular flexibility index (Phi) is 4.98. The van der Waals surface area contributed by atoms with Crippen LogP contribution in [0.3, 0.4) is 0 Å². The van der Waals surface area contributed by atoms with Crippen LogP contribution in [0.2, 0.25) is 0 Å². The zero-order valence-electron chi connectivity index (χ0n) is 15.6. The fraction of sp³-hybridized carbons (Fsp3) is 0.429. The van der Waals surface area contributed by atoms with Crippen molar-refractivity contribution in [1.29, 1.82) is 0 Å². The zero-order valence-corrected chi connectivity index (χ0v) is 15.6. The van der Waals surface area contributed by atoms with Gasteiger partial charge in [-0.25, -0.2) is 4.79 Å². The van der Waals surface area contributed by atoms with Gasteiger partial charge in [-0.2, -0.15) is 10.1 Å². The summed E-state index contributed by atoms with van der Waals surface area (Å²) in [6.45, 7) is 1.89. The first-order valence-electron chi connectivity index (χ1n) is 9.57. The first kappa shape index (κ1) is 18.4. The highest BCUT2D eigenvalue weighted by Gasteiger charge is 2.56. The van der Waals surface area contributed by atoms with Crippen LogP contribution in [0.25, 0.3) is 0 Å². The van der Waals surface area contributed by atoms with Gasteiger partial charge in [-0.15, -0.1) is 0 Å². The molecule has 0 radical (unpaired) electrons. The van der Waals surface area contributed by atoms with Crippen molar-refractivity contribution in [1.82, 2.24) is 5.01 Å². The first-order valence-corrected chi connectivity index (χ1v) is 9.57. The maximum atomic E-state index is 12.7. The van der Waals surface area contributed by atoms with Gasteiger partial charge in [0.15, 0.2) is 6.61 Å². The van der Waals surface area contributed by atoms with Crippen LogP contribution < -0.4 is 4.74 Å². The molecule has 7 nitrogen and oxygen atoms in total. The van der Waals surface area contributed by atoms with Gasteiger partial charge in [0.25, 0.3) is 11.8 Å². The lowest BCUT2D eigenvalue weighted by Gasteiger charge is -2.37. The maximum absolute atomic E-state index is 12.7. The van der Waals surface area contributed by atoms with E-state index in [1.54, 1.807) is 31.2 Å². The molecular weight excluding hydrogens is 360 g/mol. The smallest absolute Gasteiger partial charge is 0.344 e. The number of carbonyl (C=O) groups is 3. The highest BCUT2D eigenvalue weighted by Crippen LogP contribution is 2.49. The van der Waals surface area contributed by atoms with Crippen LogP contribution in [0.4, 0.5) is 0 Å². The van der Waals surface area contributed by atoms with Gasteiger partial charge in [0.2, 0.25) is 0 Å². The van der Waals surface area contributed by atoms with Gasteiger partial charge in [0, 0.05) is 0 Å². The van der Waals surface area contributed by atoms with Crippen LogP contribution in [-0.2, 0) is 19.1 Å². The highest BCUT2D eigenvalue weighted by atomic mass is 16.6. The molecule has 2 fully saturated rings. The van der Waals surface area contributed by atoms with E-state index in [1.165, 1.54) is 6.21 Å². The molecule has 3 aliphatic carbocycles. The van der Waals surface area contributed by atoms with Crippen LogP contribution in [0.5, 0.6) is 5.75 Å². The Labute approximate surface area is 163 Å². The summed E-state index contributed by atoms with van der Waals surface area (Å²) in [5.41, 5.74) is 0.722. The Morgan fingerprint density at radius 1 is 1.11 bits per heavy atom. The number of allylic oxidation sites excluding steroid dienone is 2. The second-order valence-corrected chi connectivity index (χ2v) is 7.24. The number of benzene rings is 1. The molecule has 0 N–H and O–H groups in total.